The number of thiophene rings is 1. The number of likely N-dealkylation sites (N-methyl/N-ethyl adjacent to an activating group) is 1. The summed E-state index contributed by atoms with van der Waals surface area (Å²) in [7, 11) is 0. The van der Waals surface area contributed by atoms with E-state index < -0.39 is 0 Å². The molecule has 1 aromatic carbocycles. The minimum absolute atomic E-state index is 0.0682. The van der Waals surface area contributed by atoms with Gasteiger partial charge in [0, 0.05) is 38.4 Å². The zero-order chi connectivity index (χ0) is 20.2. The van der Waals surface area contributed by atoms with Gasteiger partial charge in [-0.25, -0.2) is 4.98 Å². The smallest absolute Gasteiger partial charge is 0.265 e. The number of rotatable bonds is 7. The molecular weight excluding hydrogens is 382 g/mol. The van der Waals surface area contributed by atoms with Gasteiger partial charge in [-0.05, 0) is 42.6 Å². The summed E-state index contributed by atoms with van der Waals surface area (Å²) in [6, 6.07) is 9.78. The summed E-state index contributed by atoms with van der Waals surface area (Å²) in [4.78, 5) is 23.0. The number of aryl methyl sites for hydroxylation is 1. The van der Waals surface area contributed by atoms with Crippen molar-refractivity contribution in [1.82, 2.24) is 19.4 Å². The first-order valence-electron chi connectivity index (χ1n) is 10.5. The fourth-order valence-corrected chi connectivity index (χ4v) is 4.53. The number of benzene rings is 1. The molecule has 2 aromatic heterocycles. The summed E-state index contributed by atoms with van der Waals surface area (Å²) >= 11 is 1.45. The maximum absolute atomic E-state index is 12.4. The lowest BCUT2D eigenvalue weighted by Gasteiger charge is -2.33. The van der Waals surface area contributed by atoms with Crippen molar-refractivity contribution in [2.24, 2.45) is 0 Å². The fourth-order valence-electron chi connectivity index (χ4n) is 3.92. The van der Waals surface area contributed by atoms with Crippen LogP contribution in [-0.4, -0.2) is 58.0 Å². The minimum atomic E-state index is -0.0682. The molecule has 7 heteroatoms. The van der Waals surface area contributed by atoms with E-state index in [-0.39, 0.29) is 5.91 Å². The van der Waals surface area contributed by atoms with Crippen molar-refractivity contribution >= 4 is 34.0 Å². The molecular formula is C22H29N5OS. The summed E-state index contributed by atoms with van der Waals surface area (Å²) in [5.41, 5.74) is 2.88. The molecule has 29 heavy (non-hydrogen) atoms. The lowest BCUT2D eigenvalue weighted by atomic mass is 10.2. The van der Waals surface area contributed by atoms with Crippen molar-refractivity contribution < 1.29 is 4.79 Å². The molecule has 3 aromatic rings. The van der Waals surface area contributed by atoms with Crippen LogP contribution in [0.2, 0.25) is 0 Å². The Morgan fingerprint density at radius 3 is 2.62 bits per heavy atom. The first-order valence-corrected chi connectivity index (χ1v) is 11.3. The van der Waals surface area contributed by atoms with Crippen LogP contribution in [0.4, 0.5) is 5.69 Å². The maximum atomic E-state index is 12.4. The van der Waals surface area contributed by atoms with Gasteiger partial charge in [0.2, 0.25) is 0 Å². The number of piperazine rings is 1. The van der Waals surface area contributed by atoms with Crippen LogP contribution < -0.4 is 5.32 Å². The lowest BCUT2D eigenvalue weighted by Crippen LogP contribution is -2.45. The molecule has 1 aliphatic heterocycles. The highest BCUT2D eigenvalue weighted by Crippen LogP contribution is 2.23. The van der Waals surface area contributed by atoms with Crippen molar-refractivity contribution in [3.8, 4) is 0 Å². The molecule has 3 heterocycles. The predicted molar refractivity (Wildman–Crippen MR) is 120 cm³/mol. The normalized spacial score (nSPS) is 15.8. The van der Waals surface area contributed by atoms with E-state index in [0.717, 1.165) is 74.8 Å². The maximum Gasteiger partial charge on any atom is 0.265 e. The van der Waals surface area contributed by atoms with Crippen LogP contribution in [0, 0.1) is 0 Å². The molecule has 0 spiro atoms. The fraction of sp³-hybridized carbons (Fsp3) is 0.455. The molecule has 154 valence electrons. The van der Waals surface area contributed by atoms with Gasteiger partial charge in [-0.3, -0.25) is 9.69 Å². The zero-order valence-electron chi connectivity index (χ0n) is 17.2. The molecule has 1 fully saturated rings. The van der Waals surface area contributed by atoms with Gasteiger partial charge in [0.1, 0.15) is 5.82 Å². The Kier molecular flexibility index (Phi) is 6.28. The highest BCUT2D eigenvalue weighted by Gasteiger charge is 2.19. The van der Waals surface area contributed by atoms with E-state index in [1.807, 2.05) is 29.6 Å². The molecule has 0 radical (unpaired) electrons. The molecule has 0 saturated carbocycles. The molecule has 0 aliphatic carbocycles. The Labute approximate surface area is 176 Å². The second-order valence-corrected chi connectivity index (χ2v) is 8.47. The van der Waals surface area contributed by atoms with E-state index >= 15 is 0 Å². The number of hydrogen-bond acceptors (Lipinski definition) is 5. The number of nitrogens with one attached hydrogen (secondary N) is 1. The standard InChI is InChI=1S/C22H29N5OS/c1-3-9-27-19-8-7-17(23-22(28)20-6-5-14-29-20)15-18(19)24-21(27)16-26-12-10-25(4-2)11-13-26/h5-8,14-15H,3-4,9-13,16H2,1-2H3,(H,23,28). The zero-order valence-corrected chi connectivity index (χ0v) is 18.0. The Bertz CT molecular complexity index is 957. The summed E-state index contributed by atoms with van der Waals surface area (Å²) in [6.45, 7) is 11.8. The molecule has 0 atom stereocenters. The van der Waals surface area contributed by atoms with Gasteiger partial charge < -0.3 is 14.8 Å². The molecule has 1 saturated heterocycles. The third-order valence-corrected chi connectivity index (χ3v) is 6.42. The van der Waals surface area contributed by atoms with Gasteiger partial charge in [0.25, 0.3) is 5.91 Å². The quantitative estimate of drug-likeness (QED) is 0.641. The highest BCUT2D eigenvalue weighted by atomic mass is 32.1. The number of aromatic nitrogens is 2. The highest BCUT2D eigenvalue weighted by molar-refractivity contribution is 7.12. The van der Waals surface area contributed by atoms with Crippen molar-refractivity contribution in [3.05, 3.63) is 46.4 Å². The number of anilines is 1. The third kappa shape index (κ3) is 4.52. The molecule has 6 nitrogen and oxygen atoms in total. The Balaban J connectivity index is 1.54. The number of carbonyl (C=O) groups is 1. The van der Waals surface area contributed by atoms with E-state index in [2.05, 4.69) is 39.6 Å². The van der Waals surface area contributed by atoms with Gasteiger partial charge in [-0.1, -0.05) is 19.9 Å². The van der Waals surface area contributed by atoms with E-state index in [1.54, 1.807) is 0 Å². The average molecular weight is 412 g/mol. The third-order valence-electron chi connectivity index (χ3n) is 5.55. The number of imidazole rings is 1. The first kappa shape index (κ1) is 20.1. The number of nitrogens with zero attached hydrogens (tertiary/aromatic N) is 4. The van der Waals surface area contributed by atoms with E-state index in [1.165, 1.54) is 11.3 Å². The van der Waals surface area contributed by atoms with Crippen molar-refractivity contribution in [2.45, 2.75) is 33.4 Å². The van der Waals surface area contributed by atoms with Crippen LogP contribution in [-0.2, 0) is 13.1 Å². The summed E-state index contributed by atoms with van der Waals surface area (Å²) < 4.78 is 2.34. The molecule has 1 aliphatic rings. The van der Waals surface area contributed by atoms with Crippen molar-refractivity contribution in [1.29, 1.82) is 0 Å². The van der Waals surface area contributed by atoms with Gasteiger partial charge in [0.15, 0.2) is 0 Å². The first-order chi connectivity index (χ1) is 14.2. The molecule has 0 bridgehead atoms. The SMILES string of the molecule is CCCn1c(CN2CCN(CC)CC2)nc2cc(NC(=O)c3cccs3)ccc21. The lowest BCUT2D eigenvalue weighted by molar-refractivity contribution is 0.103. The van der Waals surface area contributed by atoms with Gasteiger partial charge >= 0.3 is 0 Å². The van der Waals surface area contributed by atoms with Gasteiger partial charge in [0.05, 0.1) is 22.5 Å². The average Bonchev–Trinajstić information content (AvgIpc) is 3.38. The molecule has 1 N–H and O–H groups in total. The monoisotopic (exact) mass is 411 g/mol. The summed E-state index contributed by atoms with van der Waals surface area (Å²) in [6.07, 6.45) is 1.07. The van der Waals surface area contributed by atoms with Gasteiger partial charge in [-0.15, -0.1) is 11.3 Å². The summed E-state index contributed by atoms with van der Waals surface area (Å²) in [5.74, 6) is 1.05. The number of fused-ring (bicyclic) bond motifs is 1. The number of carbonyl (C=O) groups excluding carboxylic acids is 1. The van der Waals surface area contributed by atoms with Crippen LogP contribution in [0.5, 0.6) is 0 Å². The number of amides is 1. The van der Waals surface area contributed by atoms with Crippen LogP contribution in [0.25, 0.3) is 11.0 Å². The molecule has 4 rings (SSSR count). The van der Waals surface area contributed by atoms with E-state index in [4.69, 9.17) is 4.98 Å². The van der Waals surface area contributed by atoms with Gasteiger partial charge in [-0.2, -0.15) is 0 Å². The van der Waals surface area contributed by atoms with Crippen LogP contribution in [0.1, 0.15) is 35.8 Å². The van der Waals surface area contributed by atoms with Crippen molar-refractivity contribution in [3.63, 3.8) is 0 Å². The molecule has 0 unspecified atom stereocenters. The summed E-state index contributed by atoms with van der Waals surface area (Å²) in [5, 5.41) is 4.91. The second kappa shape index (κ2) is 9.07. The minimum Gasteiger partial charge on any atom is -0.327 e. The Morgan fingerprint density at radius 1 is 1.14 bits per heavy atom. The number of hydrogen-bond donors (Lipinski definition) is 1. The van der Waals surface area contributed by atoms with Crippen molar-refractivity contribution in [2.75, 3.05) is 38.0 Å². The topological polar surface area (TPSA) is 53.4 Å². The van der Waals surface area contributed by atoms with Crippen LogP contribution in [0.3, 0.4) is 0 Å². The Morgan fingerprint density at radius 2 is 1.93 bits per heavy atom. The largest absolute Gasteiger partial charge is 0.327 e. The second-order valence-electron chi connectivity index (χ2n) is 7.52. The molecule has 1 amide bonds. The van der Waals surface area contributed by atoms with Crippen LogP contribution in [0.15, 0.2) is 35.7 Å². The van der Waals surface area contributed by atoms with Crippen LogP contribution >= 0.6 is 11.3 Å². The van der Waals surface area contributed by atoms with E-state index in [0.29, 0.717) is 4.88 Å². The Hall–Kier alpha value is -2.22. The van der Waals surface area contributed by atoms with E-state index in [9.17, 15) is 4.79 Å². The predicted octanol–water partition coefficient (Wildman–Crippen LogP) is 3.90.